The van der Waals surface area contributed by atoms with E-state index < -0.39 is 0 Å². The zero-order chi connectivity index (χ0) is 17.5. The first-order valence-electron chi connectivity index (χ1n) is 8.61. The first-order valence-corrected chi connectivity index (χ1v) is 8.61. The zero-order valence-corrected chi connectivity index (χ0v) is 14.6. The molecule has 0 atom stereocenters. The van der Waals surface area contributed by atoms with Gasteiger partial charge in [-0.2, -0.15) is 15.0 Å². The fourth-order valence-corrected chi connectivity index (χ4v) is 2.60. The molecule has 0 spiro atoms. The highest BCUT2D eigenvalue weighted by Gasteiger charge is 2.16. The Kier molecular flexibility index (Phi) is 5.76. The van der Waals surface area contributed by atoms with Crippen molar-refractivity contribution in [1.29, 1.82) is 0 Å². The Bertz CT molecular complexity index is 673. The van der Waals surface area contributed by atoms with Crippen LogP contribution in [0.2, 0.25) is 0 Å². The maximum Gasteiger partial charge on any atom is 0.330 e. The van der Waals surface area contributed by atoms with Crippen LogP contribution in [-0.2, 0) is 0 Å². The molecule has 0 amide bonds. The molecule has 1 aliphatic heterocycles. The minimum atomic E-state index is 0.192. The van der Waals surface area contributed by atoms with Gasteiger partial charge in [-0.3, -0.25) is 0 Å². The number of rotatable bonds is 6. The highest BCUT2D eigenvalue weighted by molar-refractivity contribution is 5.38. The summed E-state index contributed by atoms with van der Waals surface area (Å²) in [7, 11) is 1.77. The third kappa shape index (κ3) is 4.65. The molecule has 0 radical (unpaired) electrons. The van der Waals surface area contributed by atoms with Crippen LogP contribution in [0, 0.1) is 0 Å². The number of hydrogen-bond donors (Lipinski definition) is 1. The van der Waals surface area contributed by atoms with Gasteiger partial charge in [0.05, 0.1) is 6.61 Å². The lowest BCUT2D eigenvalue weighted by Crippen LogP contribution is -2.26. The molecular formula is C16H23N7O2. The van der Waals surface area contributed by atoms with Crippen LogP contribution in [0.4, 0.5) is 11.9 Å². The Morgan fingerprint density at radius 2 is 1.72 bits per heavy atom. The van der Waals surface area contributed by atoms with E-state index in [9.17, 15) is 0 Å². The van der Waals surface area contributed by atoms with E-state index in [1.807, 2.05) is 6.92 Å². The molecule has 134 valence electrons. The van der Waals surface area contributed by atoms with Crippen molar-refractivity contribution >= 4 is 11.9 Å². The van der Waals surface area contributed by atoms with Crippen LogP contribution in [0.25, 0.3) is 0 Å². The summed E-state index contributed by atoms with van der Waals surface area (Å²) in [5, 5.41) is 10.9. The summed E-state index contributed by atoms with van der Waals surface area (Å²) in [6, 6.07) is 3.56. The number of ether oxygens (including phenoxy) is 2. The van der Waals surface area contributed by atoms with Crippen molar-refractivity contribution in [2.24, 2.45) is 0 Å². The number of nitrogens with one attached hydrogen (secondary N) is 1. The van der Waals surface area contributed by atoms with Crippen LogP contribution < -0.4 is 19.7 Å². The summed E-state index contributed by atoms with van der Waals surface area (Å²) in [6.07, 6.45) is 4.76. The van der Waals surface area contributed by atoms with Crippen LogP contribution in [0.5, 0.6) is 17.8 Å². The SMILES string of the molecule is CCOc1ccc(Oc2nc(NC)nc(N3CCCCCC3)n2)nn1. The summed E-state index contributed by atoms with van der Waals surface area (Å²) < 4.78 is 10.9. The Balaban J connectivity index is 1.79. The van der Waals surface area contributed by atoms with Gasteiger partial charge in [-0.1, -0.05) is 12.8 Å². The molecule has 3 heterocycles. The third-order valence-electron chi connectivity index (χ3n) is 3.82. The van der Waals surface area contributed by atoms with E-state index in [-0.39, 0.29) is 6.01 Å². The Morgan fingerprint density at radius 1 is 1.00 bits per heavy atom. The second-order valence-corrected chi connectivity index (χ2v) is 5.64. The molecule has 0 saturated carbocycles. The monoisotopic (exact) mass is 345 g/mol. The van der Waals surface area contributed by atoms with Gasteiger partial charge in [0.1, 0.15) is 0 Å². The van der Waals surface area contributed by atoms with E-state index >= 15 is 0 Å². The minimum absolute atomic E-state index is 0.192. The van der Waals surface area contributed by atoms with E-state index in [2.05, 4.69) is 35.4 Å². The molecule has 3 rings (SSSR count). The fraction of sp³-hybridized carbons (Fsp3) is 0.562. The average molecular weight is 345 g/mol. The molecule has 25 heavy (non-hydrogen) atoms. The molecule has 0 bridgehead atoms. The smallest absolute Gasteiger partial charge is 0.330 e. The predicted octanol–water partition coefficient (Wildman–Crippen LogP) is 2.27. The molecule has 1 fully saturated rings. The van der Waals surface area contributed by atoms with Gasteiger partial charge >= 0.3 is 6.01 Å². The van der Waals surface area contributed by atoms with Crippen molar-refractivity contribution < 1.29 is 9.47 Å². The highest BCUT2D eigenvalue weighted by atomic mass is 16.5. The average Bonchev–Trinajstić information content (AvgIpc) is 2.93. The first kappa shape index (κ1) is 17.1. The molecule has 9 heteroatoms. The second kappa shape index (κ2) is 8.41. The molecule has 2 aromatic rings. The molecular weight excluding hydrogens is 322 g/mol. The summed E-state index contributed by atoms with van der Waals surface area (Å²) in [5.74, 6) is 1.84. The van der Waals surface area contributed by atoms with Crippen LogP contribution in [0.15, 0.2) is 12.1 Å². The molecule has 1 N–H and O–H groups in total. The lowest BCUT2D eigenvalue weighted by molar-refractivity contribution is 0.318. The van der Waals surface area contributed by atoms with E-state index in [0.717, 1.165) is 25.9 Å². The van der Waals surface area contributed by atoms with Crippen LogP contribution in [0.3, 0.4) is 0 Å². The first-order chi connectivity index (χ1) is 12.3. The molecule has 2 aromatic heterocycles. The summed E-state index contributed by atoms with van der Waals surface area (Å²) >= 11 is 0. The second-order valence-electron chi connectivity index (χ2n) is 5.64. The molecule has 1 aliphatic rings. The number of hydrogen-bond acceptors (Lipinski definition) is 9. The summed E-state index contributed by atoms with van der Waals surface area (Å²) in [6.45, 7) is 4.30. The van der Waals surface area contributed by atoms with Crippen LogP contribution in [0.1, 0.15) is 32.6 Å². The van der Waals surface area contributed by atoms with Crippen molar-refractivity contribution in [3.05, 3.63) is 12.1 Å². The Hall–Kier alpha value is -2.71. The number of anilines is 2. The quantitative estimate of drug-likeness (QED) is 0.845. The van der Waals surface area contributed by atoms with Crippen molar-refractivity contribution in [1.82, 2.24) is 25.1 Å². The number of nitrogens with zero attached hydrogens (tertiary/aromatic N) is 6. The molecule has 0 unspecified atom stereocenters. The van der Waals surface area contributed by atoms with E-state index in [1.165, 1.54) is 12.8 Å². The van der Waals surface area contributed by atoms with Gasteiger partial charge in [-0.25, -0.2) is 0 Å². The van der Waals surface area contributed by atoms with E-state index in [0.29, 0.717) is 30.3 Å². The predicted molar refractivity (Wildman–Crippen MR) is 93.3 cm³/mol. The molecule has 0 aromatic carbocycles. The van der Waals surface area contributed by atoms with Gasteiger partial charge in [-0.15, -0.1) is 10.2 Å². The van der Waals surface area contributed by atoms with Crippen molar-refractivity contribution in [2.45, 2.75) is 32.6 Å². The maximum atomic E-state index is 5.66. The van der Waals surface area contributed by atoms with Crippen LogP contribution in [-0.4, -0.2) is 51.9 Å². The standard InChI is InChI=1S/C16H23N7O2/c1-3-24-12-8-9-13(22-21-12)25-16-19-14(17-2)18-15(20-16)23-10-6-4-5-7-11-23/h8-9H,3-7,10-11H2,1-2H3,(H,17,18,19,20). The lowest BCUT2D eigenvalue weighted by atomic mass is 10.2. The normalized spacial score (nSPS) is 14.7. The molecule has 1 saturated heterocycles. The van der Waals surface area contributed by atoms with E-state index in [1.54, 1.807) is 19.2 Å². The highest BCUT2D eigenvalue weighted by Crippen LogP contribution is 2.22. The maximum absolute atomic E-state index is 5.66. The van der Waals surface area contributed by atoms with Crippen molar-refractivity contribution in [2.75, 3.05) is 37.0 Å². The van der Waals surface area contributed by atoms with Crippen molar-refractivity contribution in [3.63, 3.8) is 0 Å². The fourth-order valence-electron chi connectivity index (χ4n) is 2.60. The number of aromatic nitrogens is 5. The summed E-state index contributed by atoms with van der Waals surface area (Å²) in [5.41, 5.74) is 0. The topological polar surface area (TPSA) is 98.2 Å². The molecule has 0 aliphatic carbocycles. The molecule has 9 nitrogen and oxygen atoms in total. The zero-order valence-electron chi connectivity index (χ0n) is 14.6. The minimum Gasteiger partial charge on any atom is -0.477 e. The third-order valence-corrected chi connectivity index (χ3v) is 3.82. The largest absolute Gasteiger partial charge is 0.477 e. The Morgan fingerprint density at radius 3 is 2.36 bits per heavy atom. The van der Waals surface area contributed by atoms with Crippen LogP contribution >= 0.6 is 0 Å². The Labute approximate surface area is 146 Å². The van der Waals surface area contributed by atoms with E-state index in [4.69, 9.17) is 9.47 Å². The van der Waals surface area contributed by atoms with Gasteiger partial charge in [0.2, 0.25) is 23.7 Å². The van der Waals surface area contributed by atoms with Gasteiger partial charge in [0.15, 0.2) is 0 Å². The lowest BCUT2D eigenvalue weighted by Gasteiger charge is -2.20. The van der Waals surface area contributed by atoms with Gasteiger partial charge in [0, 0.05) is 32.3 Å². The van der Waals surface area contributed by atoms with Gasteiger partial charge in [-0.05, 0) is 19.8 Å². The van der Waals surface area contributed by atoms with Crippen molar-refractivity contribution in [3.8, 4) is 17.8 Å². The van der Waals surface area contributed by atoms with Gasteiger partial charge in [0.25, 0.3) is 0 Å². The summed E-state index contributed by atoms with van der Waals surface area (Å²) in [4.78, 5) is 15.3. The van der Waals surface area contributed by atoms with Gasteiger partial charge < -0.3 is 19.7 Å².